The lowest BCUT2D eigenvalue weighted by molar-refractivity contribution is 0.619. The molecule has 0 radical (unpaired) electrons. The van der Waals surface area contributed by atoms with Gasteiger partial charge < -0.3 is 4.42 Å². The van der Waals surface area contributed by atoms with Gasteiger partial charge >= 0.3 is 0 Å². The molecule has 11 heteroatoms. The Hall–Kier alpha value is -9.48. The molecule has 0 atom stereocenters. The van der Waals surface area contributed by atoms with Crippen LogP contribution in [0.1, 0.15) is 0 Å². The largest absolute Gasteiger partial charge is 0.434 e. The third-order valence-electron chi connectivity index (χ3n) is 11.9. The first-order valence-corrected chi connectivity index (χ1v) is 21.7. The Morgan fingerprint density at radius 1 is 0.299 bits per heavy atom. The summed E-state index contributed by atoms with van der Waals surface area (Å²) in [5.74, 6) is 1.29. The quantitative estimate of drug-likeness (QED) is 0.151. The Balaban J connectivity index is 1.09. The molecule has 13 rings (SSSR count). The van der Waals surface area contributed by atoms with Crippen molar-refractivity contribution >= 4 is 54.8 Å². The van der Waals surface area contributed by atoms with Gasteiger partial charge in [-0.3, -0.25) is 19.9 Å². The summed E-state index contributed by atoms with van der Waals surface area (Å²) in [6.45, 7) is 0. The Kier molecular flexibility index (Phi) is 8.88. The van der Waals surface area contributed by atoms with Gasteiger partial charge in [-0.05, 0) is 66.7 Å². The minimum Gasteiger partial charge on any atom is -0.434 e. The Labute approximate surface area is 381 Å². The highest BCUT2D eigenvalue weighted by atomic mass is 16.3. The van der Waals surface area contributed by atoms with Gasteiger partial charge in [-0.1, -0.05) is 97.1 Å². The van der Waals surface area contributed by atoms with Crippen molar-refractivity contribution in [1.82, 2.24) is 49.8 Å². The van der Waals surface area contributed by atoms with Crippen LogP contribution in [-0.2, 0) is 0 Å². The van der Waals surface area contributed by atoms with Gasteiger partial charge in [0, 0.05) is 91.5 Å². The summed E-state index contributed by atoms with van der Waals surface area (Å²) in [6, 6.07) is 54.2. The van der Waals surface area contributed by atoms with Crippen molar-refractivity contribution in [2.75, 3.05) is 0 Å². The van der Waals surface area contributed by atoms with E-state index in [0.717, 1.165) is 65.9 Å². The second kappa shape index (κ2) is 15.6. The third kappa shape index (κ3) is 6.77. The SMILES string of the molecule is c1cnc2c(-c3cc(-c4cccc5cccnc45)nc(-c4cc(-c5nc(-c6cccc7cccnc67)cc(-c6cccc7cccnc67)n5)cc(-c5nc6ncccc6o5)c4)n3)cccc2c1. The lowest BCUT2D eigenvalue weighted by atomic mass is 10.00. The second-order valence-electron chi connectivity index (χ2n) is 16.1. The second-order valence-corrected chi connectivity index (χ2v) is 16.1. The zero-order valence-electron chi connectivity index (χ0n) is 35.4. The predicted octanol–water partition coefficient (Wildman–Crippen LogP) is 12.7. The lowest BCUT2D eigenvalue weighted by Crippen LogP contribution is -2.00. The van der Waals surface area contributed by atoms with Crippen LogP contribution >= 0.6 is 0 Å². The van der Waals surface area contributed by atoms with Crippen LogP contribution in [0.3, 0.4) is 0 Å². The summed E-state index contributed by atoms with van der Waals surface area (Å²) < 4.78 is 6.41. The van der Waals surface area contributed by atoms with Gasteiger partial charge in [-0.15, -0.1) is 0 Å². The summed E-state index contributed by atoms with van der Waals surface area (Å²) in [5, 5.41) is 3.99. The first-order chi connectivity index (χ1) is 33.2. The van der Waals surface area contributed by atoms with Crippen LogP contribution in [0.5, 0.6) is 0 Å². The smallest absolute Gasteiger partial charge is 0.228 e. The van der Waals surface area contributed by atoms with Crippen LogP contribution in [0.25, 0.3) is 134 Å². The number of hydrogen-bond donors (Lipinski definition) is 0. The Bertz CT molecular complexity index is 3620. The maximum atomic E-state index is 6.41. The average molecular weight is 861 g/mol. The fourth-order valence-electron chi connectivity index (χ4n) is 8.85. The average Bonchev–Trinajstić information content (AvgIpc) is 3.85. The Morgan fingerprint density at radius 3 is 1.03 bits per heavy atom. The molecule has 0 aliphatic rings. The number of pyridine rings is 5. The molecule has 0 unspecified atom stereocenters. The van der Waals surface area contributed by atoms with Crippen molar-refractivity contribution < 1.29 is 4.42 Å². The molecular formula is C56H32N10O. The first kappa shape index (κ1) is 38.0. The molecule has 0 saturated heterocycles. The number of hydrogen-bond acceptors (Lipinski definition) is 11. The summed E-state index contributed by atoms with van der Waals surface area (Å²) >= 11 is 0. The highest BCUT2D eigenvalue weighted by Crippen LogP contribution is 2.39. The third-order valence-corrected chi connectivity index (χ3v) is 11.9. The molecule has 0 aliphatic carbocycles. The summed E-state index contributed by atoms with van der Waals surface area (Å²) in [7, 11) is 0. The monoisotopic (exact) mass is 860 g/mol. The van der Waals surface area contributed by atoms with Gasteiger partial charge in [-0.25, -0.2) is 24.9 Å². The molecule has 0 aliphatic heterocycles. The topological polar surface area (TPSA) is 142 Å². The first-order valence-electron chi connectivity index (χ1n) is 21.7. The van der Waals surface area contributed by atoms with Gasteiger partial charge in [0.25, 0.3) is 0 Å². The molecule has 67 heavy (non-hydrogen) atoms. The van der Waals surface area contributed by atoms with E-state index in [9.17, 15) is 0 Å². The van der Waals surface area contributed by atoms with Crippen molar-refractivity contribution in [3.63, 3.8) is 0 Å². The minimum absolute atomic E-state index is 0.373. The number of fused-ring (bicyclic) bond motifs is 5. The fourth-order valence-corrected chi connectivity index (χ4v) is 8.85. The molecule has 8 aromatic heterocycles. The van der Waals surface area contributed by atoms with E-state index in [0.29, 0.717) is 68.2 Å². The molecule has 0 amide bonds. The van der Waals surface area contributed by atoms with Crippen molar-refractivity contribution in [1.29, 1.82) is 0 Å². The normalized spacial score (nSPS) is 11.6. The van der Waals surface area contributed by atoms with E-state index in [1.54, 1.807) is 31.0 Å². The van der Waals surface area contributed by atoms with E-state index in [-0.39, 0.29) is 0 Å². The maximum Gasteiger partial charge on any atom is 0.228 e. The molecule has 13 aromatic rings. The molecule has 0 spiro atoms. The van der Waals surface area contributed by atoms with Gasteiger partial charge in [0.1, 0.15) is 0 Å². The molecule has 0 N–H and O–H groups in total. The zero-order valence-corrected chi connectivity index (χ0v) is 35.4. The van der Waals surface area contributed by atoms with Crippen LogP contribution in [0.15, 0.2) is 199 Å². The van der Waals surface area contributed by atoms with Crippen LogP contribution in [0.2, 0.25) is 0 Å². The highest BCUT2D eigenvalue weighted by Gasteiger charge is 2.21. The Morgan fingerprint density at radius 2 is 0.642 bits per heavy atom. The molecule has 0 fully saturated rings. The number of aromatic nitrogens is 10. The van der Waals surface area contributed by atoms with Crippen LogP contribution in [0, 0.1) is 0 Å². The fraction of sp³-hybridized carbons (Fsp3) is 0. The molecule has 0 bridgehead atoms. The summed E-state index contributed by atoms with van der Waals surface area (Å²) in [5.41, 5.74) is 12.6. The van der Waals surface area contributed by atoms with E-state index >= 15 is 0 Å². The molecule has 312 valence electrons. The zero-order chi connectivity index (χ0) is 44.3. The summed E-state index contributed by atoms with van der Waals surface area (Å²) in [4.78, 5) is 50.0. The molecule has 5 aromatic carbocycles. The van der Waals surface area contributed by atoms with Crippen molar-refractivity contribution in [2.24, 2.45) is 0 Å². The van der Waals surface area contributed by atoms with E-state index in [1.165, 1.54) is 0 Å². The number of para-hydroxylation sites is 4. The van der Waals surface area contributed by atoms with E-state index in [1.807, 2.05) is 115 Å². The number of rotatable bonds is 7. The number of benzene rings is 5. The van der Waals surface area contributed by atoms with Gasteiger partial charge in [-0.2, -0.15) is 4.98 Å². The van der Waals surface area contributed by atoms with Crippen molar-refractivity contribution in [3.05, 3.63) is 195 Å². The van der Waals surface area contributed by atoms with Gasteiger partial charge in [0.2, 0.25) is 5.89 Å². The molecular weight excluding hydrogens is 829 g/mol. The lowest BCUT2D eigenvalue weighted by Gasteiger charge is -2.14. The summed E-state index contributed by atoms with van der Waals surface area (Å²) in [6.07, 6.45) is 8.92. The molecule has 8 heterocycles. The maximum absolute atomic E-state index is 6.41. The highest BCUT2D eigenvalue weighted by molar-refractivity contribution is 5.98. The standard InChI is InChI=1S/C56H32N10O/c1-10-33-14-5-23-57-49(33)40(18-1)44-31-45(41-19-2-11-34-15-6-24-58-50(34)41)63-53(62-44)37-28-38(30-39(29-37)56-66-55-48(67-56)22-9-27-61-55)54-64-46(42-20-3-12-35-16-7-25-59-51(35)42)32-47(65-54)43-21-4-13-36-17-8-26-60-52(36)43/h1-32H. The molecule has 11 nitrogen and oxygen atoms in total. The minimum atomic E-state index is 0.373. The molecule has 0 saturated carbocycles. The van der Waals surface area contributed by atoms with Crippen molar-refractivity contribution in [2.45, 2.75) is 0 Å². The van der Waals surface area contributed by atoms with Crippen LogP contribution in [-0.4, -0.2) is 49.8 Å². The van der Waals surface area contributed by atoms with E-state index in [2.05, 4.69) is 53.5 Å². The van der Waals surface area contributed by atoms with E-state index < -0.39 is 0 Å². The van der Waals surface area contributed by atoms with Gasteiger partial charge in [0.05, 0.1) is 44.8 Å². The van der Waals surface area contributed by atoms with Crippen LogP contribution < -0.4 is 0 Å². The van der Waals surface area contributed by atoms with E-state index in [4.69, 9.17) is 49.3 Å². The number of nitrogens with zero attached hydrogens (tertiary/aromatic N) is 10. The van der Waals surface area contributed by atoms with Gasteiger partial charge in [0.15, 0.2) is 22.9 Å². The van der Waals surface area contributed by atoms with Crippen molar-refractivity contribution in [3.8, 4) is 79.3 Å². The predicted molar refractivity (Wildman–Crippen MR) is 262 cm³/mol. The number of oxazole rings is 1. The van der Waals surface area contributed by atoms with Crippen LogP contribution in [0.4, 0.5) is 0 Å².